The molecule has 0 aromatic heterocycles. The first-order chi connectivity index (χ1) is 7.48. The molecule has 16 heavy (non-hydrogen) atoms. The fraction of sp³-hybridized carbons (Fsp3) is 0.417. The first-order valence-electron chi connectivity index (χ1n) is 5.19. The van der Waals surface area contributed by atoms with Crippen molar-refractivity contribution in [1.29, 1.82) is 5.26 Å². The van der Waals surface area contributed by atoms with Crippen LogP contribution in [0, 0.1) is 17.1 Å². The minimum Gasteiger partial charge on any atom is -0.369 e. The van der Waals surface area contributed by atoms with Crippen molar-refractivity contribution < 1.29 is 4.39 Å². The van der Waals surface area contributed by atoms with E-state index in [0.717, 1.165) is 5.69 Å². The van der Waals surface area contributed by atoms with Gasteiger partial charge in [0.2, 0.25) is 0 Å². The van der Waals surface area contributed by atoms with Gasteiger partial charge < -0.3 is 10.6 Å². The lowest BCUT2D eigenvalue weighted by atomic mass is 10.1. The zero-order valence-corrected chi connectivity index (χ0v) is 9.57. The lowest BCUT2D eigenvalue weighted by Crippen LogP contribution is -2.46. The third-order valence-electron chi connectivity index (χ3n) is 2.33. The Morgan fingerprint density at radius 1 is 1.56 bits per heavy atom. The fourth-order valence-corrected chi connectivity index (χ4v) is 1.49. The normalized spacial score (nSPS) is 13.9. The van der Waals surface area contributed by atoms with Crippen LogP contribution in [0.4, 0.5) is 10.1 Å². The zero-order chi connectivity index (χ0) is 12.2. The van der Waals surface area contributed by atoms with Gasteiger partial charge in [-0.15, -0.1) is 0 Å². The first-order valence-corrected chi connectivity index (χ1v) is 5.19. The van der Waals surface area contributed by atoms with Crippen molar-refractivity contribution in [3.63, 3.8) is 0 Å². The van der Waals surface area contributed by atoms with Gasteiger partial charge in [-0.1, -0.05) is 6.07 Å². The maximum atomic E-state index is 13.1. The van der Waals surface area contributed by atoms with Gasteiger partial charge in [0, 0.05) is 18.8 Å². The smallest absolute Gasteiger partial charge is 0.125 e. The molecular formula is C12H16FN3. The molecule has 0 aliphatic carbocycles. The number of halogens is 1. The Kier molecular flexibility index (Phi) is 3.86. The van der Waals surface area contributed by atoms with Gasteiger partial charge in [-0.25, -0.2) is 4.39 Å². The summed E-state index contributed by atoms with van der Waals surface area (Å²) >= 11 is 0. The predicted molar refractivity (Wildman–Crippen MR) is 62.5 cm³/mol. The van der Waals surface area contributed by atoms with E-state index in [1.54, 1.807) is 19.1 Å². The molecule has 0 radical (unpaired) electrons. The molecule has 0 spiro atoms. The van der Waals surface area contributed by atoms with Gasteiger partial charge in [0.15, 0.2) is 0 Å². The summed E-state index contributed by atoms with van der Waals surface area (Å²) in [6.45, 7) is 4.66. The standard InChI is InChI=1S/C12H16FN3/c1-3-16(9-12(2,15)8-14)11-6-4-5-10(13)7-11/h4-7H,3,9,15H2,1-2H3. The Balaban J connectivity index is 2.88. The Labute approximate surface area is 95.3 Å². The number of hydrogen-bond acceptors (Lipinski definition) is 3. The minimum atomic E-state index is -0.928. The van der Waals surface area contributed by atoms with E-state index in [1.165, 1.54) is 12.1 Å². The summed E-state index contributed by atoms with van der Waals surface area (Å²) in [7, 11) is 0. The number of anilines is 1. The van der Waals surface area contributed by atoms with E-state index in [4.69, 9.17) is 11.0 Å². The molecule has 86 valence electrons. The van der Waals surface area contributed by atoms with Crippen LogP contribution in [0.3, 0.4) is 0 Å². The fourth-order valence-electron chi connectivity index (χ4n) is 1.49. The minimum absolute atomic E-state index is 0.286. The van der Waals surface area contributed by atoms with Crippen LogP contribution in [0.5, 0.6) is 0 Å². The highest BCUT2D eigenvalue weighted by molar-refractivity contribution is 5.47. The van der Waals surface area contributed by atoms with Crippen LogP contribution >= 0.6 is 0 Å². The lowest BCUT2D eigenvalue weighted by molar-refractivity contribution is 0.575. The number of nitriles is 1. The van der Waals surface area contributed by atoms with Gasteiger partial charge in [0.1, 0.15) is 11.4 Å². The molecule has 0 saturated heterocycles. The molecule has 4 heteroatoms. The molecule has 1 atom stereocenters. The first kappa shape index (κ1) is 12.5. The molecule has 0 saturated carbocycles. The van der Waals surface area contributed by atoms with Crippen LogP contribution in [0.25, 0.3) is 0 Å². The molecule has 0 heterocycles. The van der Waals surface area contributed by atoms with Crippen molar-refractivity contribution >= 4 is 5.69 Å². The number of nitrogens with zero attached hydrogens (tertiary/aromatic N) is 2. The summed E-state index contributed by atoms with van der Waals surface area (Å²) in [6.07, 6.45) is 0. The molecule has 0 aliphatic rings. The highest BCUT2D eigenvalue weighted by atomic mass is 19.1. The summed E-state index contributed by atoms with van der Waals surface area (Å²) in [5.41, 5.74) is 5.59. The third kappa shape index (κ3) is 3.21. The quantitative estimate of drug-likeness (QED) is 0.844. The summed E-state index contributed by atoms with van der Waals surface area (Å²) < 4.78 is 13.1. The van der Waals surface area contributed by atoms with Gasteiger partial charge in [-0.05, 0) is 32.0 Å². The summed E-state index contributed by atoms with van der Waals surface area (Å²) in [6, 6.07) is 8.32. The Hall–Kier alpha value is -1.60. The van der Waals surface area contributed by atoms with Crippen LogP contribution in [-0.4, -0.2) is 18.6 Å². The average molecular weight is 221 g/mol. The number of hydrogen-bond donors (Lipinski definition) is 1. The third-order valence-corrected chi connectivity index (χ3v) is 2.33. The van der Waals surface area contributed by atoms with Crippen LogP contribution in [0.2, 0.25) is 0 Å². The van der Waals surface area contributed by atoms with Gasteiger partial charge >= 0.3 is 0 Å². The van der Waals surface area contributed by atoms with Crippen LogP contribution in [0.15, 0.2) is 24.3 Å². The van der Waals surface area contributed by atoms with E-state index >= 15 is 0 Å². The molecule has 0 amide bonds. The molecule has 0 aliphatic heterocycles. The average Bonchev–Trinajstić information content (AvgIpc) is 2.26. The second-order valence-electron chi connectivity index (χ2n) is 4.02. The van der Waals surface area contributed by atoms with Crippen molar-refractivity contribution in [3.05, 3.63) is 30.1 Å². The summed E-state index contributed by atoms with van der Waals surface area (Å²) in [5.74, 6) is -0.286. The van der Waals surface area contributed by atoms with Gasteiger partial charge in [-0.2, -0.15) is 5.26 Å². The predicted octanol–water partition coefficient (Wildman–Crippen LogP) is 1.89. The van der Waals surface area contributed by atoms with Crippen LogP contribution in [0.1, 0.15) is 13.8 Å². The molecular weight excluding hydrogens is 205 g/mol. The van der Waals surface area contributed by atoms with Crippen LogP contribution in [-0.2, 0) is 0 Å². The summed E-state index contributed by atoms with van der Waals surface area (Å²) in [4.78, 5) is 1.88. The summed E-state index contributed by atoms with van der Waals surface area (Å²) in [5, 5.41) is 8.86. The zero-order valence-electron chi connectivity index (χ0n) is 9.57. The number of rotatable bonds is 4. The van der Waals surface area contributed by atoms with E-state index in [9.17, 15) is 4.39 Å². The second-order valence-corrected chi connectivity index (χ2v) is 4.02. The number of nitrogens with two attached hydrogens (primary N) is 1. The molecule has 3 nitrogen and oxygen atoms in total. The van der Waals surface area contributed by atoms with Crippen molar-refractivity contribution in [2.75, 3.05) is 18.0 Å². The van der Waals surface area contributed by atoms with Gasteiger partial charge in [0.05, 0.1) is 6.07 Å². The van der Waals surface area contributed by atoms with Gasteiger partial charge in [0.25, 0.3) is 0 Å². The molecule has 1 rings (SSSR count). The SMILES string of the molecule is CCN(CC(C)(N)C#N)c1cccc(F)c1. The van der Waals surface area contributed by atoms with Crippen molar-refractivity contribution in [2.24, 2.45) is 5.73 Å². The lowest BCUT2D eigenvalue weighted by Gasteiger charge is -2.28. The molecule has 1 aromatic carbocycles. The van der Waals surface area contributed by atoms with E-state index < -0.39 is 5.54 Å². The Bertz CT molecular complexity index is 395. The maximum absolute atomic E-state index is 13.1. The van der Waals surface area contributed by atoms with Crippen molar-refractivity contribution in [3.8, 4) is 6.07 Å². The van der Waals surface area contributed by atoms with Crippen molar-refractivity contribution in [2.45, 2.75) is 19.4 Å². The monoisotopic (exact) mass is 221 g/mol. The largest absolute Gasteiger partial charge is 0.369 e. The number of likely N-dealkylation sites (N-methyl/N-ethyl adjacent to an activating group) is 1. The van der Waals surface area contributed by atoms with Crippen LogP contribution < -0.4 is 10.6 Å². The Morgan fingerprint density at radius 3 is 2.75 bits per heavy atom. The molecule has 1 unspecified atom stereocenters. The molecule has 1 aromatic rings. The Morgan fingerprint density at radius 2 is 2.25 bits per heavy atom. The molecule has 0 bridgehead atoms. The number of benzene rings is 1. The second kappa shape index (κ2) is 4.95. The van der Waals surface area contributed by atoms with E-state index in [0.29, 0.717) is 13.1 Å². The van der Waals surface area contributed by atoms with E-state index in [-0.39, 0.29) is 5.82 Å². The van der Waals surface area contributed by atoms with Gasteiger partial charge in [-0.3, -0.25) is 0 Å². The maximum Gasteiger partial charge on any atom is 0.125 e. The molecule has 2 N–H and O–H groups in total. The topological polar surface area (TPSA) is 53.0 Å². The highest BCUT2D eigenvalue weighted by Crippen LogP contribution is 2.17. The van der Waals surface area contributed by atoms with E-state index in [1.807, 2.05) is 17.9 Å². The van der Waals surface area contributed by atoms with Crippen molar-refractivity contribution in [1.82, 2.24) is 0 Å². The highest BCUT2D eigenvalue weighted by Gasteiger charge is 2.21. The van der Waals surface area contributed by atoms with E-state index in [2.05, 4.69) is 0 Å². The molecule has 0 fully saturated rings.